The summed E-state index contributed by atoms with van der Waals surface area (Å²) >= 11 is 0. The summed E-state index contributed by atoms with van der Waals surface area (Å²) in [5.74, 6) is 0.784. The molecule has 1 aromatic rings. The molecule has 1 atom stereocenters. The summed E-state index contributed by atoms with van der Waals surface area (Å²) in [5, 5.41) is 6.22. The van der Waals surface area contributed by atoms with Crippen LogP contribution in [-0.2, 0) is 11.3 Å². The van der Waals surface area contributed by atoms with Crippen LogP contribution in [0, 0.1) is 0 Å². The zero-order chi connectivity index (χ0) is 16.2. The van der Waals surface area contributed by atoms with E-state index in [1.54, 1.807) is 0 Å². The van der Waals surface area contributed by atoms with Gasteiger partial charge in [0.25, 0.3) is 0 Å². The van der Waals surface area contributed by atoms with Crippen LogP contribution < -0.4 is 10.6 Å². The topological polar surface area (TPSA) is 50.4 Å². The summed E-state index contributed by atoms with van der Waals surface area (Å²) in [6, 6.07) is 8.98. The molecule has 1 fully saturated rings. The largest absolute Gasteiger partial charge is 0.444 e. The van der Waals surface area contributed by atoms with Crippen LogP contribution in [0.25, 0.3) is 0 Å². The lowest BCUT2D eigenvalue weighted by Crippen LogP contribution is -2.41. The van der Waals surface area contributed by atoms with Gasteiger partial charge in [0.05, 0.1) is 0 Å². The van der Waals surface area contributed by atoms with Gasteiger partial charge in [-0.15, -0.1) is 0 Å². The molecular weight excluding hydrogens is 276 g/mol. The second-order valence-corrected chi connectivity index (χ2v) is 7.18. The minimum Gasteiger partial charge on any atom is -0.444 e. The summed E-state index contributed by atoms with van der Waals surface area (Å²) in [6.07, 6.45) is 2.29. The van der Waals surface area contributed by atoms with Crippen LogP contribution in [0.2, 0.25) is 0 Å². The Balaban J connectivity index is 1.70. The number of amides is 1. The van der Waals surface area contributed by atoms with E-state index in [-0.39, 0.29) is 12.1 Å². The molecule has 2 N–H and O–H groups in total. The summed E-state index contributed by atoms with van der Waals surface area (Å²) in [4.78, 5) is 11.6. The molecule has 1 aliphatic rings. The van der Waals surface area contributed by atoms with Gasteiger partial charge in [-0.2, -0.15) is 0 Å². The average molecular weight is 304 g/mol. The van der Waals surface area contributed by atoms with E-state index in [9.17, 15) is 4.79 Å². The fourth-order valence-corrected chi connectivity index (χ4v) is 2.29. The highest BCUT2D eigenvalue weighted by molar-refractivity contribution is 5.67. The molecule has 0 aliphatic heterocycles. The first-order valence-electron chi connectivity index (χ1n) is 8.12. The van der Waals surface area contributed by atoms with Gasteiger partial charge in [0, 0.05) is 19.1 Å². The molecule has 122 valence electrons. The number of carbonyl (C=O) groups is 1. The molecule has 1 aliphatic carbocycles. The number of hydrogen-bond donors (Lipinski definition) is 2. The average Bonchev–Trinajstić information content (AvgIpc) is 3.26. The number of carbonyl (C=O) groups excluding carboxylic acids is 1. The third-order valence-corrected chi connectivity index (χ3v) is 3.61. The Bertz CT molecular complexity index is 504. The van der Waals surface area contributed by atoms with Gasteiger partial charge in [0.2, 0.25) is 0 Å². The van der Waals surface area contributed by atoms with Crippen molar-refractivity contribution in [2.24, 2.45) is 0 Å². The van der Waals surface area contributed by atoms with Crippen molar-refractivity contribution in [2.45, 2.75) is 64.6 Å². The van der Waals surface area contributed by atoms with Crippen LogP contribution in [0.4, 0.5) is 4.79 Å². The van der Waals surface area contributed by atoms with E-state index in [2.05, 4.69) is 41.8 Å². The van der Waals surface area contributed by atoms with Crippen molar-refractivity contribution in [1.82, 2.24) is 10.6 Å². The second-order valence-electron chi connectivity index (χ2n) is 7.18. The lowest BCUT2D eigenvalue weighted by atomic mass is 10.1. The Morgan fingerprint density at radius 1 is 1.36 bits per heavy atom. The molecule has 1 amide bonds. The van der Waals surface area contributed by atoms with E-state index in [4.69, 9.17) is 4.74 Å². The zero-order valence-electron chi connectivity index (χ0n) is 14.1. The van der Waals surface area contributed by atoms with E-state index in [0.717, 1.165) is 12.5 Å². The Morgan fingerprint density at radius 3 is 2.73 bits per heavy atom. The highest BCUT2D eigenvalue weighted by atomic mass is 16.6. The lowest BCUT2D eigenvalue weighted by Gasteiger charge is -2.21. The number of hydrogen-bond acceptors (Lipinski definition) is 3. The molecule has 0 aromatic heterocycles. The van der Waals surface area contributed by atoms with Crippen molar-refractivity contribution >= 4 is 6.09 Å². The summed E-state index contributed by atoms with van der Waals surface area (Å²) in [5.41, 5.74) is 2.30. The lowest BCUT2D eigenvalue weighted by molar-refractivity contribution is 0.0523. The van der Waals surface area contributed by atoms with Crippen LogP contribution in [0.1, 0.15) is 57.6 Å². The predicted molar refractivity (Wildman–Crippen MR) is 89.0 cm³/mol. The van der Waals surface area contributed by atoms with E-state index in [0.29, 0.717) is 6.54 Å². The number of nitrogens with one attached hydrogen (secondary N) is 2. The number of alkyl carbamates (subject to hydrolysis) is 1. The maximum absolute atomic E-state index is 11.6. The van der Waals surface area contributed by atoms with Gasteiger partial charge < -0.3 is 15.4 Å². The highest BCUT2D eigenvalue weighted by Gasteiger charge is 2.23. The predicted octanol–water partition coefficient (Wildman–Crippen LogP) is 3.57. The molecule has 22 heavy (non-hydrogen) atoms. The Hall–Kier alpha value is -1.55. The molecule has 1 aromatic carbocycles. The van der Waals surface area contributed by atoms with Crippen LogP contribution in [0.5, 0.6) is 0 Å². The molecule has 2 rings (SSSR count). The highest BCUT2D eigenvalue weighted by Crippen LogP contribution is 2.40. The quantitative estimate of drug-likeness (QED) is 0.845. The smallest absolute Gasteiger partial charge is 0.407 e. The van der Waals surface area contributed by atoms with Gasteiger partial charge in [0.15, 0.2) is 0 Å². The van der Waals surface area contributed by atoms with E-state index < -0.39 is 5.60 Å². The van der Waals surface area contributed by atoms with Gasteiger partial charge >= 0.3 is 6.09 Å². The minimum atomic E-state index is -0.454. The molecule has 1 unspecified atom stereocenters. The van der Waals surface area contributed by atoms with Gasteiger partial charge in [0.1, 0.15) is 5.60 Å². The molecule has 4 heteroatoms. The molecule has 4 nitrogen and oxygen atoms in total. The maximum atomic E-state index is 11.6. The van der Waals surface area contributed by atoms with E-state index in [1.165, 1.54) is 24.0 Å². The van der Waals surface area contributed by atoms with Crippen molar-refractivity contribution in [1.29, 1.82) is 0 Å². The van der Waals surface area contributed by atoms with E-state index in [1.807, 2.05) is 20.8 Å². The first-order valence-corrected chi connectivity index (χ1v) is 8.12. The van der Waals surface area contributed by atoms with Gasteiger partial charge in [-0.3, -0.25) is 0 Å². The summed E-state index contributed by atoms with van der Waals surface area (Å²) < 4.78 is 5.22. The Labute approximate surface area is 133 Å². The number of benzene rings is 1. The Kier molecular flexibility index (Phi) is 5.46. The third-order valence-electron chi connectivity index (χ3n) is 3.61. The van der Waals surface area contributed by atoms with Gasteiger partial charge in [-0.25, -0.2) is 4.79 Å². The SMILES string of the molecule is CC(CNC(=O)OC(C)(C)C)NCc1cccc(C2CC2)c1. The van der Waals surface area contributed by atoms with Crippen molar-refractivity contribution in [3.63, 3.8) is 0 Å². The first kappa shape index (κ1) is 16.8. The molecule has 0 bridgehead atoms. The van der Waals surface area contributed by atoms with Gasteiger partial charge in [-0.05, 0) is 57.6 Å². The standard InChI is InChI=1S/C18H28N2O2/c1-13(11-20-17(21)22-18(2,3)4)19-12-14-6-5-7-16(10-14)15-8-9-15/h5-7,10,13,15,19H,8-9,11-12H2,1-4H3,(H,20,21). The van der Waals surface area contributed by atoms with Crippen LogP contribution in [0.15, 0.2) is 24.3 Å². The summed E-state index contributed by atoms with van der Waals surface area (Å²) in [6.45, 7) is 9.01. The fraction of sp³-hybridized carbons (Fsp3) is 0.611. The molecule has 0 spiro atoms. The van der Waals surface area contributed by atoms with Crippen molar-refractivity contribution < 1.29 is 9.53 Å². The monoisotopic (exact) mass is 304 g/mol. The van der Waals surface area contributed by atoms with Crippen molar-refractivity contribution in [2.75, 3.05) is 6.54 Å². The molecule has 0 heterocycles. The van der Waals surface area contributed by atoms with Crippen molar-refractivity contribution in [3.05, 3.63) is 35.4 Å². The molecule has 0 radical (unpaired) electrons. The van der Waals surface area contributed by atoms with Gasteiger partial charge in [-0.1, -0.05) is 24.3 Å². The maximum Gasteiger partial charge on any atom is 0.407 e. The number of ether oxygens (including phenoxy) is 1. The second kappa shape index (κ2) is 7.14. The van der Waals surface area contributed by atoms with Crippen LogP contribution >= 0.6 is 0 Å². The van der Waals surface area contributed by atoms with Crippen molar-refractivity contribution in [3.8, 4) is 0 Å². The minimum absolute atomic E-state index is 0.192. The first-order chi connectivity index (χ1) is 10.3. The zero-order valence-corrected chi connectivity index (χ0v) is 14.1. The fourth-order valence-electron chi connectivity index (χ4n) is 2.29. The normalized spacial score (nSPS) is 16.2. The van der Waals surface area contributed by atoms with Crippen LogP contribution in [-0.4, -0.2) is 24.3 Å². The number of rotatable bonds is 6. The molecule has 1 saturated carbocycles. The summed E-state index contributed by atoms with van der Waals surface area (Å²) in [7, 11) is 0. The Morgan fingerprint density at radius 2 is 2.09 bits per heavy atom. The van der Waals surface area contributed by atoms with Crippen LogP contribution in [0.3, 0.4) is 0 Å². The van der Waals surface area contributed by atoms with E-state index >= 15 is 0 Å². The molecular formula is C18H28N2O2. The third kappa shape index (κ3) is 6.06. The molecule has 0 saturated heterocycles.